The first-order valence-electron chi connectivity index (χ1n) is 18.8. The van der Waals surface area contributed by atoms with Gasteiger partial charge in [0.15, 0.2) is 41.3 Å². The van der Waals surface area contributed by atoms with Gasteiger partial charge in [0.25, 0.3) is 0 Å². The number of phenolic OH excluding ortho intramolecular Hbond substituents is 2. The fourth-order valence-electron chi connectivity index (χ4n) is 6.27. The quantitative estimate of drug-likeness (QED) is 0.0916. The molecule has 0 radical (unpaired) electrons. The van der Waals surface area contributed by atoms with E-state index in [0.29, 0.717) is 11.1 Å². The second-order valence-corrected chi connectivity index (χ2v) is 13.7. The predicted octanol–water partition coefficient (Wildman–Crippen LogP) is 0.853. The van der Waals surface area contributed by atoms with Crippen LogP contribution in [-0.4, -0.2) is 152 Å². The lowest BCUT2D eigenvalue weighted by atomic mass is 9.98. The van der Waals surface area contributed by atoms with E-state index in [4.69, 9.17) is 56.8 Å². The molecule has 2 saturated heterocycles. The standard InChI is InChI=1S/C41H48O22/c1-20(42)55-18-31-37(58-22(3)44)36(51)38(59-23(4)45)40(60-31)63-41(19-57-21(2)43)39(61-33(48)13-9-24-8-11-26(46)27(14-24)52-5)35(50)30(62-41)17-56-32(47)12-10-25-15-28(53-6)34(49)29(16-25)54-7/h8-16,30-31,35-40,46,49-51H,17-19H2,1-7H3. The Labute approximate surface area is 359 Å². The van der Waals surface area contributed by atoms with Crippen molar-refractivity contribution in [1.29, 1.82) is 0 Å². The van der Waals surface area contributed by atoms with Gasteiger partial charge in [0, 0.05) is 39.8 Å². The summed E-state index contributed by atoms with van der Waals surface area (Å²) in [5.41, 5.74) is 0.694. The van der Waals surface area contributed by atoms with Gasteiger partial charge in [0.05, 0.1) is 21.3 Å². The lowest BCUT2D eigenvalue weighted by molar-refractivity contribution is -0.384. The van der Waals surface area contributed by atoms with Crippen LogP contribution in [-0.2, 0) is 71.4 Å². The van der Waals surface area contributed by atoms with Gasteiger partial charge in [-0.1, -0.05) is 6.07 Å². The molecule has 0 amide bonds. The van der Waals surface area contributed by atoms with Crippen molar-refractivity contribution >= 4 is 48.0 Å². The lowest BCUT2D eigenvalue weighted by Gasteiger charge is -2.45. The van der Waals surface area contributed by atoms with Gasteiger partial charge in [-0.05, 0) is 47.5 Å². The first-order valence-corrected chi connectivity index (χ1v) is 18.8. The predicted molar refractivity (Wildman–Crippen MR) is 209 cm³/mol. The molecule has 0 saturated carbocycles. The van der Waals surface area contributed by atoms with Crippen molar-refractivity contribution in [3.63, 3.8) is 0 Å². The van der Waals surface area contributed by atoms with E-state index in [9.17, 15) is 49.2 Å². The Morgan fingerprint density at radius 3 is 1.79 bits per heavy atom. The summed E-state index contributed by atoms with van der Waals surface area (Å²) in [6.07, 6.45) is -10.2. The molecule has 0 spiro atoms. The molecule has 2 heterocycles. The number of hydrogen-bond donors (Lipinski definition) is 4. The molecule has 63 heavy (non-hydrogen) atoms. The van der Waals surface area contributed by atoms with Crippen LogP contribution in [0, 0.1) is 0 Å². The van der Waals surface area contributed by atoms with Gasteiger partial charge in [-0.2, -0.15) is 0 Å². The number of hydrogen-bond acceptors (Lipinski definition) is 22. The molecule has 2 aliphatic rings. The second-order valence-electron chi connectivity index (χ2n) is 13.7. The normalized spacial score (nSPS) is 25.5. The van der Waals surface area contributed by atoms with Crippen LogP contribution in [0.3, 0.4) is 0 Å². The molecular weight excluding hydrogens is 844 g/mol. The molecule has 344 valence electrons. The molecule has 2 aromatic carbocycles. The second kappa shape index (κ2) is 22.1. The Hall–Kier alpha value is -6.46. The molecule has 0 aliphatic carbocycles. The highest BCUT2D eigenvalue weighted by molar-refractivity contribution is 5.88. The van der Waals surface area contributed by atoms with Gasteiger partial charge in [-0.3, -0.25) is 19.2 Å². The number of phenols is 2. The molecule has 9 atom stereocenters. The third-order valence-electron chi connectivity index (χ3n) is 9.10. The van der Waals surface area contributed by atoms with Crippen LogP contribution in [0.2, 0.25) is 0 Å². The minimum absolute atomic E-state index is 0.0391. The summed E-state index contributed by atoms with van der Waals surface area (Å²) < 4.78 is 65.5. The molecule has 0 aromatic heterocycles. The van der Waals surface area contributed by atoms with Gasteiger partial charge < -0.3 is 77.3 Å². The van der Waals surface area contributed by atoms with Gasteiger partial charge in [-0.15, -0.1) is 0 Å². The number of benzene rings is 2. The Bertz CT molecular complexity index is 2020. The molecule has 22 nitrogen and oxygen atoms in total. The van der Waals surface area contributed by atoms with Gasteiger partial charge >= 0.3 is 35.8 Å². The maximum Gasteiger partial charge on any atom is 0.331 e. The average Bonchev–Trinajstić information content (AvgIpc) is 3.48. The van der Waals surface area contributed by atoms with E-state index < -0.39 is 110 Å². The van der Waals surface area contributed by atoms with Crippen molar-refractivity contribution < 1.29 is 106 Å². The van der Waals surface area contributed by atoms with Gasteiger partial charge in [0.2, 0.25) is 17.8 Å². The molecule has 22 heteroatoms. The monoisotopic (exact) mass is 892 g/mol. The molecule has 2 aliphatic heterocycles. The molecule has 2 fully saturated rings. The Morgan fingerprint density at radius 1 is 0.651 bits per heavy atom. The number of carbonyl (C=O) groups is 6. The number of methoxy groups -OCH3 is 3. The summed E-state index contributed by atoms with van der Waals surface area (Å²) >= 11 is 0. The molecule has 2 aromatic rings. The van der Waals surface area contributed by atoms with Crippen molar-refractivity contribution in [3.05, 3.63) is 53.6 Å². The van der Waals surface area contributed by atoms with Crippen molar-refractivity contribution in [3.8, 4) is 28.7 Å². The van der Waals surface area contributed by atoms with Gasteiger partial charge in [0.1, 0.15) is 44.2 Å². The number of aliphatic hydroxyl groups is 2. The maximum absolute atomic E-state index is 13.5. The molecular formula is C41H48O22. The summed E-state index contributed by atoms with van der Waals surface area (Å²) in [7, 11) is 3.93. The Balaban J connectivity index is 1.73. The van der Waals surface area contributed by atoms with Crippen LogP contribution < -0.4 is 14.2 Å². The third kappa shape index (κ3) is 13.0. The first kappa shape index (κ1) is 49.2. The summed E-state index contributed by atoms with van der Waals surface area (Å²) in [6.45, 7) is 1.61. The zero-order valence-corrected chi connectivity index (χ0v) is 35.1. The lowest BCUT2D eigenvalue weighted by Crippen LogP contribution is -2.65. The summed E-state index contributed by atoms with van der Waals surface area (Å²) in [5.74, 6) is -8.76. The first-order chi connectivity index (χ1) is 29.8. The Morgan fingerprint density at radius 2 is 1.21 bits per heavy atom. The van der Waals surface area contributed by atoms with Crippen molar-refractivity contribution in [1.82, 2.24) is 0 Å². The Kier molecular flexibility index (Phi) is 17.2. The number of aliphatic hydroxyl groups excluding tert-OH is 2. The average molecular weight is 893 g/mol. The van der Waals surface area contributed by atoms with E-state index in [0.717, 1.165) is 39.8 Å². The fourth-order valence-corrected chi connectivity index (χ4v) is 6.27. The van der Waals surface area contributed by atoms with Crippen LogP contribution >= 0.6 is 0 Å². The number of esters is 6. The number of carbonyl (C=O) groups excluding carboxylic acids is 6. The smallest absolute Gasteiger partial charge is 0.331 e. The molecule has 4 N–H and O–H groups in total. The highest BCUT2D eigenvalue weighted by Crippen LogP contribution is 2.41. The van der Waals surface area contributed by atoms with Crippen LogP contribution in [0.5, 0.6) is 28.7 Å². The van der Waals surface area contributed by atoms with Crippen LogP contribution in [0.15, 0.2) is 42.5 Å². The third-order valence-corrected chi connectivity index (χ3v) is 9.10. The fraction of sp³-hybridized carbons (Fsp3) is 0.463. The van der Waals surface area contributed by atoms with Gasteiger partial charge in [-0.25, -0.2) is 9.59 Å². The SMILES string of the molecule is COc1cc(C=CC(=O)OC2C(O)C(COC(=O)C=Cc3cc(OC)c(O)c(OC)c3)OC2(COC(C)=O)OC2OC(COC(C)=O)C(OC(C)=O)C(O)C2OC(C)=O)ccc1O. The largest absolute Gasteiger partial charge is 0.504 e. The number of ether oxygens (including phenoxy) is 12. The number of aromatic hydroxyl groups is 2. The summed E-state index contributed by atoms with van der Waals surface area (Å²) in [6, 6.07) is 6.93. The molecule has 0 bridgehead atoms. The van der Waals surface area contributed by atoms with Crippen LogP contribution in [0.4, 0.5) is 0 Å². The topological polar surface area (TPSA) is 294 Å². The van der Waals surface area contributed by atoms with E-state index in [1.165, 1.54) is 63.8 Å². The highest BCUT2D eigenvalue weighted by atomic mass is 16.8. The maximum atomic E-state index is 13.5. The highest BCUT2D eigenvalue weighted by Gasteiger charge is 2.63. The number of rotatable bonds is 18. The van der Waals surface area contributed by atoms with Crippen LogP contribution in [0.25, 0.3) is 12.2 Å². The molecule has 9 unspecified atom stereocenters. The van der Waals surface area contributed by atoms with Crippen molar-refractivity contribution in [2.24, 2.45) is 0 Å². The van der Waals surface area contributed by atoms with Crippen LogP contribution in [0.1, 0.15) is 38.8 Å². The van der Waals surface area contributed by atoms with E-state index in [2.05, 4.69) is 0 Å². The van der Waals surface area contributed by atoms with E-state index in [1.54, 1.807) is 0 Å². The van der Waals surface area contributed by atoms with Crippen molar-refractivity contribution in [2.45, 2.75) is 82.5 Å². The molecule has 4 rings (SSSR count). The minimum atomic E-state index is -2.65. The summed E-state index contributed by atoms with van der Waals surface area (Å²) in [4.78, 5) is 75.0. The van der Waals surface area contributed by atoms with E-state index in [-0.39, 0.29) is 28.7 Å². The van der Waals surface area contributed by atoms with E-state index >= 15 is 0 Å². The van der Waals surface area contributed by atoms with E-state index in [1.807, 2.05) is 0 Å². The summed E-state index contributed by atoms with van der Waals surface area (Å²) in [5, 5.41) is 43.4. The zero-order valence-electron chi connectivity index (χ0n) is 35.1. The van der Waals surface area contributed by atoms with Crippen molar-refractivity contribution in [2.75, 3.05) is 41.2 Å². The minimum Gasteiger partial charge on any atom is -0.504 e. The zero-order chi connectivity index (χ0) is 46.6.